The van der Waals surface area contributed by atoms with E-state index < -0.39 is 10.9 Å². The molecule has 0 amide bonds. The number of carboxylic acid groups (broad SMARTS) is 1. The van der Waals surface area contributed by atoms with Crippen molar-refractivity contribution in [2.75, 3.05) is 13.1 Å². The number of benzene rings is 1. The van der Waals surface area contributed by atoms with Gasteiger partial charge in [0.2, 0.25) is 0 Å². The van der Waals surface area contributed by atoms with Gasteiger partial charge in [-0.3, -0.25) is 19.8 Å². The number of carbonyl (C=O) groups is 1. The highest BCUT2D eigenvalue weighted by Crippen LogP contribution is 2.22. The van der Waals surface area contributed by atoms with Crippen LogP contribution in [0.25, 0.3) is 0 Å². The zero-order valence-electron chi connectivity index (χ0n) is 10.7. The predicted molar refractivity (Wildman–Crippen MR) is 70.9 cm³/mol. The van der Waals surface area contributed by atoms with E-state index in [9.17, 15) is 14.9 Å². The first-order valence-corrected chi connectivity index (χ1v) is 5.76. The highest BCUT2D eigenvalue weighted by Gasteiger charge is 2.18. The summed E-state index contributed by atoms with van der Waals surface area (Å²) in [5.41, 5.74) is 0.846. The van der Waals surface area contributed by atoms with Crippen LogP contribution in [0.1, 0.15) is 18.5 Å². The summed E-state index contributed by atoms with van der Waals surface area (Å²) >= 11 is 0. The molecule has 102 valence electrons. The minimum Gasteiger partial charge on any atom is -0.480 e. The van der Waals surface area contributed by atoms with Gasteiger partial charge in [0.05, 0.1) is 11.5 Å². The largest absolute Gasteiger partial charge is 0.480 e. The number of nitrogens with zero attached hydrogens (tertiary/aromatic N) is 2. The third-order valence-corrected chi connectivity index (χ3v) is 2.84. The third kappa shape index (κ3) is 4.18. The zero-order chi connectivity index (χ0) is 14.4. The van der Waals surface area contributed by atoms with Crippen LogP contribution in [0.5, 0.6) is 0 Å². The molecule has 1 rings (SSSR count). The first-order chi connectivity index (χ1) is 8.95. The van der Waals surface area contributed by atoms with E-state index in [1.54, 1.807) is 23.1 Å². The van der Waals surface area contributed by atoms with Gasteiger partial charge in [0, 0.05) is 24.7 Å². The van der Waals surface area contributed by atoms with E-state index in [4.69, 9.17) is 5.11 Å². The molecule has 1 atom stereocenters. The van der Waals surface area contributed by atoms with E-state index in [2.05, 4.69) is 6.58 Å². The molecule has 1 aromatic rings. The van der Waals surface area contributed by atoms with Gasteiger partial charge < -0.3 is 5.11 Å². The second kappa shape index (κ2) is 6.65. The van der Waals surface area contributed by atoms with Crippen molar-refractivity contribution in [1.82, 2.24) is 4.90 Å². The fourth-order valence-electron chi connectivity index (χ4n) is 1.78. The molecule has 0 heterocycles. The summed E-state index contributed by atoms with van der Waals surface area (Å²) in [5, 5.41) is 19.4. The van der Waals surface area contributed by atoms with E-state index in [1.807, 2.05) is 6.92 Å². The topological polar surface area (TPSA) is 83.7 Å². The molecule has 0 spiro atoms. The van der Waals surface area contributed by atoms with E-state index in [0.717, 1.165) is 5.56 Å². The number of hydrogen-bond acceptors (Lipinski definition) is 4. The Balaban J connectivity index is 2.88. The summed E-state index contributed by atoms with van der Waals surface area (Å²) in [6, 6.07) is 5.95. The lowest BCUT2D eigenvalue weighted by atomic mass is 10.1. The van der Waals surface area contributed by atoms with Crippen molar-refractivity contribution in [3.05, 3.63) is 52.6 Å². The maximum absolute atomic E-state index is 10.8. The molecule has 0 fully saturated rings. The molecule has 1 N–H and O–H groups in total. The first kappa shape index (κ1) is 14.8. The number of non-ortho nitro benzene ring substituents is 1. The third-order valence-electron chi connectivity index (χ3n) is 2.84. The molecule has 6 nitrogen and oxygen atoms in total. The molecule has 0 aliphatic rings. The zero-order valence-corrected chi connectivity index (χ0v) is 10.7. The summed E-state index contributed by atoms with van der Waals surface area (Å²) in [7, 11) is 0. The molecule has 0 aliphatic carbocycles. The fraction of sp³-hybridized carbons (Fsp3) is 0.308. The standard InChI is InChI=1S/C13H16N2O4/c1-3-8-14(9-13(16)17)10(2)11-4-6-12(7-5-11)15(18)19/h3-7,10H,1,8-9H2,2H3,(H,16,17). The molecule has 0 bridgehead atoms. The monoisotopic (exact) mass is 264 g/mol. The van der Waals surface area contributed by atoms with Gasteiger partial charge >= 0.3 is 5.97 Å². The van der Waals surface area contributed by atoms with Crippen molar-refractivity contribution in [3.63, 3.8) is 0 Å². The van der Waals surface area contributed by atoms with Crippen LogP contribution in [0.15, 0.2) is 36.9 Å². The Kier molecular flexibility index (Phi) is 5.20. The predicted octanol–water partition coefficient (Wildman–Crippen LogP) is 2.23. The molecular formula is C13H16N2O4. The average molecular weight is 264 g/mol. The van der Waals surface area contributed by atoms with E-state index in [-0.39, 0.29) is 18.3 Å². The van der Waals surface area contributed by atoms with Gasteiger partial charge in [0.15, 0.2) is 0 Å². The highest BCUT2D eigenvalue weighted by molar-refractivity contribution is 5.69. The molecular weight excluding hydrogens is 248 g/mol. The van der Waals surface area contributed by atoms with Gasteiger partial charge in [-0.15, -0.1) is 6.58 Å². The summed E-state index contributed by atoms with van der Waals surface area (Å²) in [4.78, 5) is 22.6. The molecule has 1 unspecified atom stereocenters. The Morgan fingerprint density at radius 2 is 2.11 bits per heavy atom. The molecule has 6 heteroatoms. The van der Waals surface area contributed by atoms with Crippen molar-refractivity contribution in [2.24, 2.45) is 0 Å². The Labute approximate surface area is 111 Å². The highest BCUT2D eigenvalue weighted by atomic mass is 16.6. The van der Waals surface area contributed by atoms with Crippen LogP contribution < -0.4 is 0 Å². The Hall–Kier alpha value is -2.21. The Bertz CT molecular complexity index is 470. The first-order valence-electron chi connectivity index (χ1n) is 5.76. The van der Waals surface area contributed by atoms with Crippen molar-refractivity contribution < 1.29 is 14.8 Å². The van der Waals surface area contributed by atoms with Gasteiger partial charge in [-0.05, 0) is 12.5 Å². The van der Waals surface area contributed by atoms with Crippen molar-refractivity contribution in [1.29, 1.82) is 0 Å². The van der Waals surface area contributed by atoms with Crippen LogP contribution in [0.2, 0.25) is 0 Å². The quantitative estimate of drug-likeness (QED) is 0.464. The van der Waals surface area contributed by atoms with Gasteiger partial charge in [-0.25, -0.2) is 0 Å². The lowest BCUT2D eigenvalue weighted by molar-refractivity contribution is -0.384. The van der Waals surface area contributed by atoms with Crippen molar-refractivity contribution in [2.45, 2.75) is 13.0 Å². The number of carboxylic acids is 1. The normalized spacial score (nSPS) is 12.1. The molecule has 0 radical (unpaired) electrons. The van der Waals surface area contributed by atoms with Crippen LogP contribution >= 0.6 is 0 Å². The molecule has 0 saturated carbocycles. The van der Waals surface area contributed by atoms with Crippen LogP contribution in [0.3, 0.4) is 0 Å². The van der Waals surface area contributed by atoms with Crippen LogP contribution in [-0.4, -0.2) is 34.0 Å². The number of aliphatic carboxylic acids is 1. The Morgan fingerprint density at radius 3 is 2.53 bits per heavy atom. The van der Waals surface area contributed by atoms with E-state index >= 15 is 0 Å². The molecule has 0 saturated heterocycles. The SMILES string of the molecule is C=CCN(CC(=O)O)C(C)c1ccc([N+](=O)[O-])cc1. The minimum absolute atomic E-state index is 0.0180. The lowest BCUT2D eigenvalue weighted by Gasteiger charge is -2.26. The maximum Gasteiger partial charge on any atom is 0.317 e. The number of rotatable bonds is 7. The van der Waals surface area contributed by atoms with Crippen LogP contribution in [-0.2, 0) is 4.79 Å². The molecule has 19 heavy (non-hydrogen) atoms. The average Bonchev–Trinajstić information content (AvgIpc) is 2.37. The van der Waals surface area contributed by atoms with E-state index in [0.29, 0.717) is 6.54 Å². The number of nitro benzene ring substituents is 1. The smallest absolute Gasteiger partial charge is 0.317 e. The summed E-state index contributed by atoms with van der Waals surface area (Å²) in [6.45, 7) is 5.78. The minimum atomic E-state index is -0.921. The number of nitro groups is 1. The maximum atomic E-state index is 10.8. The summed E-state index contributed by atoms with van der Waals surface area (Å²) < 4.78 is 0. The van der Waals surface area contributed by atoms with E-state index in [1.165, 1.54) is 12.1 Å². The van der Waals surface area contributed by atoms with Gasteiger partial charge in [-0.1, -0.05) is 18.2 Å². The van der Waals surface area contributed by atoms with Crippen molar-refractivity contribution >= 4 is 11.7 Å². The second-order valence-corrected chi connectivity index (χ2v) is 4.14. The molecule has 0 aromatic heterocycles. The lowest BCUT2D eigenvalue weighted by Crippen LogP contribution is -2.32. The van der Waals surface area contributed by atoms with Crippen LogP contribution in [0.4, 0.5) is 5.69 Å². The molecule has 0 aliphatic heterocycles. The van der Waals surface area contributed by atoms with Gasteiger partial charge in [0.1, 0.15) is 0 Å². The number of hydrogen-bond donors (Lipinski definition) is 1. The summed E-state index contributed by atoms with van der Waals surface area (Å²) in [5.74, 6) is -0.921. The second-order valence-electron chi connectivity index (χ2n) is 4.14. The molecule has 1 aromatic carbocycles. The van der Waals surface area contributed by atoms with Crippen molar-refractivity contribution in [3.8, 4) is 0 Å². The summed E-state index contributed by atoms with van der Waals surface area (Å²) in [6.07, 6.45) is 1.63. The van der Waals surface area contributed by atoms with Gasteiger partial charge in [-0.2, -0.15) is 0 Å². The fourth-order valence-corrected chi connectivity index (χ4v) is 1.78. The van der Waals surface area contributed by atoms with Gasteiger partial charge in [0.25, 0.3) is 5.69 Å². The van der Waals surface area contributed by atoms with Crippen LogP contribution in [0, 0.1) is 10.1 Å². The Morgan fingerprint density at radius 1 is 1.53 bits per heavy atom.